The van der Waals surface area contributed by atoms with Crippen molar-refractivity contribution in [3.8, 4) is 5.75 Å². The number of anilines is 1. The Balaban J connectivity index is 2.76. The van der Waals surface area contributed by atoms with Crippen LogP contribution in [0.5, 0.6) is 5.75 Å². The molecule has 1 aromatic carbocycles. The minimum Gasteiger partial charge on any atom is -0.463 e. The van der Waals surface area contributed by atoms with Gasteiger partial charge >= 0.3 is 0 Å². The van der Waals surface area contributed by atoms with E-state index >= 15 is 0 Å². The zero-order valence-corrected chi connectivity index (χ0v) is 10.3. The molecule has 1 aromatic rings. The van der Waals surface area contributed by atoms with Crippen LogP contribution in [0.3, 0.4) is 0 Å². The molecule has 2 nitrogen and oxygen atoms in total. The topological polar surface area (TPSA) is 35.2 Å². The first-order valence-electron chi connectivity index (χ1n) is 4.27. The molecular weight excluding hydrogens is 178 g/mol. The molecule has 0 saturated heterocycles. The van der Waals surface area contributed by atoms with Crippen LogP contribution < -0.4 is 10.5 Å². The van der Waals surface area contributed by atoms with Crippen molar-refractivity contribution in [2.75, 3.05) is 5.73 Å². The highest BCUT2D eigenvalue weighted by Crippen LogP contribution is 2.16. The Morgan fingerprint density at radius 3 is 2.23 bits per heavy atom. The molecule has 13 heavy (non-hydrogen) atoms. The van der Waals surface area contributed by atoms with Gasteiger partial charge in [0.05, 0.1) is 5.76 Å². The van der Waals surface area contributed by atoms with E-state index in [0.717, 1.165) is 27.4 Å². The number of hydrogen-bond donors (Lipinski definition) is 1. The van der Waals surface area contributed by atoms with Gasteiger partial charge in [-0.15, -0.1) is 0 Å². The summed E-state index contributed by atoms with van der Waals surface area (Å²) in [6.07, 6.45) is 0. The minimum absolute atomic E-state index is 0.761. The van der Waals surface area contributed by atoms with E-state index in [0.29, 0.717) is 0 Å². The van der Waals surface area contributed by atoms with E-state index in [-0.39, 0.29) is 0 Å². The first-order chi connectivity index (χ1) is 6.09. The SMILES string of the molecule is CC([SiH3])=C(C)Oc1ccc(N)cc1. The number of nitrogen functional groups attached to an aromatic ring is 1. The summed E-state index contributed by atoms with van der Waals surface area (Å²) in [6.45, 7) is 4.07. The van der Waals surface area contributed by atoms with E-state index in [9.17, 15) is 0 Å². The van der Waals surface area contributed by atoms with E-state index < -0.39 is 0 Å². The van der Waals surface area contributed by atoms with Crippen LogP contribution in [0.15, 0.2) is 35.2 Å². The van der Waals surface area contributed by atoms with Gasteiger partial charge in [0, 0.05) is 15.9 Å². The first kappa shape index (κ1) is 9.86. The summed E-state index contributed by atoms with van der Waals surface area (Å²) in [4.78, 5) is 0. The van der Waals surface area contributed by atoms with Crippen molar-refractivity contribution < 1.29 is 4.74 Å². The third-order valence-corrected chi connectivity index (χ3v) is 2.56. The van der Waals surface area contributed by atoms with Crippen molar-refractivity contribution in [1.29, 1.82) is 0 Å². The molecule has 0 unspecified atom stereocenters. The van der Waals surface area contributed by atoms with Crippen LogP contribution in [0.2, 0.25) is 0 Å². The zero-order valence-electron chi connectivity index (χ0n) is 8.29. The lowest BCUT2D eigenvalue weighted by molar-refractivity contribution is 0.425. The predicted molar refractivity (Wildman–Crippen MR) is 59.8 cm³/mol. The molecule has 70 valence electrons. The van der Waals surface area contributed by atoms with Gasteiger partial charge in [0.15, 0.2) is 0 Å². The van der Waals surface area contributed by atoms with Crippen molar-refractivity contribution in [2.45, 2.75) is 13.8 Å². The Hall–Kier alpha value is -1.22. The lowest BCUT2D eigenvalue weighted by Crippen LogP contribution is -1.94. The Kier molecular flexibility index (Phi) is 3.14. The lowest BCUT2D eigenvalue weighted by atomic mass is 10.3. The Morgan fingerprint density at radius 1 is 1.23 bits per heavy atom. The molecule has 0 amide bonds. The van der Waals surface area contributed by atoms with E-state index in [1.165, 1.54) is 5.20 Å². The maximum atomic E-state index is 5.59. The second kappa shape index (κ2) is 4.14. The summed E-state index contributed by atoms with van der Waals surface area (Å²) in [7, 11) is 1.04. The van der Waals surface area contributed by atoms with Gasteiger partial charge in [-0.3, -0.25) is 0 Å². The molecule has 0 heterocycles. The monoisotopic (exact) mass is 193 g/mol. The van der Waals surface area contributed by atoms with E-state index in [1.54, 1.807) is 0 Å². The van der Waals surface area contributed by atoms with Gasteiger partial charge in [0.2, 0.25) is 0 Å². The Bertz CT molecular complexity index is 312. The number of rotatable bonds is 2. The highest BCUT2D eigenvalue weighted by molar-refractivity contribution is 6.21. The van der Waals surface area contributed by atoms with Crippen molar-refractivity contribution in [1.82, 2.24) is 0 Å². The molecule has 0 atom stereocenters. The largest absolute Gasteiger partial charge is 0.463 e. The van der Waals surface area contributed by atoms with E-state index in [1.807, 2.05) is 31.2 Å². The number of hydrogen-bond acceptors (Lipinski definition) is 2. The van der Waals surface area contributed by atoms with E-state index in [4.69, 9.17) is 10.5 Å². The summed E-state index contributed by atoms with van der Waals surface area (Å²) in [5, 5.41) is 1.32. The van der Waals surface area contributed by atoms with Gasteiger partial charge in [-0.05, 0) is 38.1 Å². The van der Waals surface area contributed by atoms with Crippen LogP contribution in [0, 0.1) is 0 Å². The summed E-state index contributed by atoms with van der Waals surface area (Å²) in [5.74, 6) is 1.85. The molecule has 0 bridgehead atoms. The molecule has 1 rings (SSSR count). The van der Waals surface area contributed by atoms with Crippen LogP contribution in [0.25, 0.3) is 0 Å². The van der Waals surface area contributed by atoms with E-state index in [2.05, 4.69) is 6.92 Å². The molecule has 0 aliphatic carbocycles. The van der Waals surface area contributed by atoms with Gasteiger partial charge in [0.25, 0.3) is 0 Å². The van der Waals surface area contributed by atoms with Gasteiger partial charge in [-0.1, -0.05) is 5.20 Å². The Labute approximate surface area is 81.8 Å². The fourth-order valence-corrected chi connectivity index (χ4v) is 0.917. The highest BCUT2D eigenvalue weighted by Gasteiger charge is 1.95. The van der Waals surface area contributed by atoms with Crippen LogP contribution >= 0.6 is 0 Å². The molecule has 0 fully saturated rings. The fraction of sp³-hybridized carbons (Fsp3) is 0.200. The molecule has 2 N–H and O–H groups in total. The van der Waals surface area contributed by atoms with Gasteiger partial charge in [-0.2, -0.15) is 0 Å². The maximum Gasteiger partial charge on any atom is 0.127 e. The second-order valence-electron chi connectivity index (χ2n) is 3.23. The standard InChI is InChI=1S/C10H15NOSi/c1-7(8(2)13)12-10-5-3-9(11)4-6-10/h3-6H,11H2,1-2,13H3. The molecule has 0 saturated carbocycles. The average molecular weight is 193 g/mol. The minimum atomic E-state index is 0.761. The molecular formula is C10H15NOSi. The lowest BCUT2D eigenvalue weighted by Gasteiger charge is -2.07. The zero-order chi connectivity index (χ0) is 9.84. The van der Waals surface area contributed by atoms with Gasteiger partial charge in [-0.25, -0.2) is 0 Å². The third-order valence-electron chi connectivity index (χ3n) is 1.86. The number of ether oxygens (including phenoxy) is 1. The normalized spacial score (nSPS) is 12.5. The summed E-state index contributed by atoms with van der Waals surface area (Å²) < 4.78 is 5.59. The third kappa shape index (κ3) is 2.95. The van der Waals surface area contributed by atoms with Crippen molar-refractivity contribution in [3.63, 3.8) is 0 Å². The van der Waals surface area contributed by atoms with Crippen molar-refractivity contribution >= 4 is 15.9 Å². The molecule has 0 aliphatic rings. The molecule has 0 aliphatic heterocycles. The molecule has 0 spiro atoms. The first-order valence-corrected chi connectivity index (χ1v) is 5.27. The summed E-state index contributed by atoms with van der Waals surface area (Å²) in [5.41, 5.74) is 6.32. The van der Waals surface area contributed by atoms with Gasteiger partial charge in [0.1, 0.15) is 5.75 Å². The van der Waals surface area contributed by atoms with Crippen LogP contribution in [0.1, 0.15) is 13.8 Å². The number of nitrogens with two attached hydrogens (primary N) is 1. The Morgan fingerprint density at radius 2 is 1.77 bits per heavy atom. The maximum absolute atomic E-state index is 5.59. The summed E-state index contributed by atoms with van der Waals surface area (Å²) >= 11 is 0. The quantitative estimate of drug-likeness (QED) is 0.436. The van der Waals surface area contributed by atoms with Crippen molar-refractivity contribution in [2.24, 2.45) is 0 Å². The van der Waals surface area contributed by atoms with Crippen LogP contribution in [-0.4, -0.2) is 10.2 Å². The second-order valence-corrected chi connectivity index (χ2v) is 4.73. The number of allylic oxidation sites excluding steroid dienone is 2. The summed E-state index contributed by atoms with van der Waals surface area (Å²) in [6, 6.07) is 7.43. The fourth-order valence-electron chi connectivity index (χ4n) is 0.815. The van der Waals surface area contributed by atoms with Crippen LogP contribution in [0.4, 0.5) is 5.69 Å². The average Bonchev–Trinajstić information content (AvgIpc) is 2.08. The molecule has 0 aromatic heterocycles. The molecule has 3 heteroatoms. The molecule has 0 radical (unpaired) electrons. The smallest absolute Gasteiger partial charge is 0.127 e. The highest BCUT2D eigenvalue weighted by atomic mass is 28.1. The van der Waals surface area contributed by atoms with Crippen molar-refractivity contribution in [3.05, 3.63) is 35.2 Å². The van der Waals surface area contributed by atoms with Crippen LogP contribution in [-0.2, 0) is 0 Å². The predicted octanol–water partition coefficient (Wildman–Crippen LogP) is 1.26. The number of benzene rings is 1. The van der Waals surface area contributed by atoms with Gasteiger partial charge < -0.3 is 10.5 Å².